The summed E-state index contributed by atoms with van der Waals surface area (Å²) >= 11 is 0. The molecular formula is C12H16Si. The molecule has 1 aromatic rings. The molecule has 0 saturated carbocycles. The summed E-state index contributed by atoms with van der Waals surface area (Å²) in [6, 6.07) is 11.9. The van der Waals surface area contributed by atoms with E-state index in [0.29, 0.717) is 0 Å². The Labute approximate surface area is 83.5 Å². The highest BCUT2D eigenvalue weighted by Gasteiger charge is 1.96. The van der Waals surface area contributed by atoms with Gasteiger partial charge < -0.3 is 0 Å². The molecule has 0 saturated heterocycles. The number of allylic oxidation sites excluding steroid dienone is 2. The van der Waals surface area contributed by atoms with Crippen LogP contribution in [-0.2, 0) is 0 Å². The van der Waals surface area contributed by atoms with E-state index in [4.69, 9.17) is 0 Å². The Morgan fingerprint density at radius 3 is 2.23 bits per heavy atom. The van der Waals surface area contributed by atoms with Crippen LogP contribution in [-0.4, -0.2) is 9.52 Å². The van der Waals surface area contributed by atoms with Crippen molar-refractivity contribution in [2.45, 2.75) is 26.8 Å². The standard InChI is InChI=1S/C12H16Si/c1-10(2)11(3)9-13-12-7-5-4-6-8-12/h4-8H,9H2,1-3H3. The zero-order chi connectivity index (χ0) is 9.68. The van der Waals surface area contributed by atoms with Crippen LogP contribution in [0.2, 0.25) is 6.04 Å². The normalized spacial score (nSPS) is 9.77. The Bertz CT molecular complexity index is 281. The third kappa shape index (κ3) is 3.60. The summed E-state index contributed by atoms with van der Waals surface area (Å²) in [5.74, 6) is 0. The molecule has 0 heterocycles. The minimum Gasteiger partial charge on any atom is -0.0778 e. The number of hydrogen-bond acceptors (Lipinski definition) is 0. The summed E-state index contributed by atoms with van der Waals surface area (Å²) in [5, 5.41) is 1.46. The van der Waals surface area contributed by atoms with Gasteiger partial charge in [0.15, 0.2) is 0 Å². The molecule has 68 valence electrons. The topological polar surface area (TPSA) is 0 Å². The third-order valence-electron chi connectivity index (χ3n) is 2.19. The molecule has 0 unspecified atom stereocenters. The summed E-state index contributed by atoms with van der Waals surface area (Å²) in [6.07, 6.45) is 0. The largest absolute Gasteiger partial charge is 0.0852 e. The zero-order valence-corrected chi connectivity index (χ0v) is 9.59. The van der Waals surface area contributed by atoms with Gasteiger partial charge in [-0.15, -0.1) is 0 Å². The van der Waals surface area contributed by atoms with E-state index in [0.717, 1.165) is 9.52 Å². The molecular weight excluding hydrogens is 172 g/mol. The van der Waals surface area contributed by atoms with Crippen LogP contribution < -0.4 is 5.19 Å². The molecule has 1 aromatic carbocycles. The van der Waals surface area contributed by atoms with E-state index in [1.54, 1.807) is 0 Å². The van der Waals surface area contributed by atoms with Crippen LogP contribution in [0.25, 0.3) is 0 Å². The van der Waals surface area contributed by atoms with Crippen LogP contribution >= 0.6 is 0 Å². The molecule has 0 fully saturated rings. The van der Waals surface area contributed by atoms with Crippen molar-refractivity contribution in [1.29, 1.82) is 0 Å². The van der Waals surface area contributed by atoms with E-state index in [2.05, 4.69) is 51.1 Å². The SMILES string of the molecule is CC(C)=C(C)C[Si]c1ccccc1. The molecule has 0 bridgehead atoms. The maximum Gasteiger partial charge on any atom is 0.0852 e. The van der Waals surface area contributed by atoms with Gasteiger partial charge >= 0.3 is 0 Å². The number of rotatable bonds is 3. The molecule has 13 heavy (non-hydrogen) atoms. The summed E-state index contributed by atoms with van der Waals surface area (Å²) in [4.78, 5) is 0. The van der Waals surface area contributed by atoms with Crippen molar-refractivity contribution in [3.05, 3.63) is 41.5 Å². The van der Waals surface area contributed by atoms with Gasteiger partial charge in [0.1, 0.15) is 0 Å². The second kappa shape index (κ2) is 5.03. The average Bonchev–Trinajstić information content (AvgIpc) is 2.15. The molecule has 0 atom stereocenters. The molecule has 0 aromatic heterocycles. The van der Waals surface area contributed by atoms with Crippen LogP contribution in [0, 0.1) is 0 Å². The first-order valence-electron chi connectivity index (χ1n) is 4.62. The molecule has 0 nitrogen and oxygen atoms in total. The lowest BCUT2D eigenvalue weighted by Gasteiger charge is -2.02. The van der Waals surface area contributed by atoms with E-state index >= 15 is 0 Å². The quantitative estimate of drug-likeness (QED) is 0.505. The second-order valence-electron chi connectivity index (χ2n) is 3.50. The van der Waals surface area contributed by atoms with Gasteiger partial charge in [-0.05, 0) is 26.8 Å². The monoisotopic (exact) mass is 188 g/mol. The fourth-order valence-electron chi connectivity index (χ4n) is 0.967. The third-order valence-corrected chi connectivity index (χ3v) is 3.63. The van der Waals surface area contributed by atoms with Crippen molar-refractivity contribution in [1.82, 2.24) is 0 Å². The van der Waals surface area contributed by atoms with Crippen molar-refractivity contribution in [2.75, 3.05) is 0 Å². The zero-order valence-electron chi connectivity index (χ0n) is 8.59. The molecule has 0 aliphatic heterocycles. The van der Waals surface area contributed by atoms with Gasteiger partial charge in [0.05, 0.1) is 9.52 Å². The first kappa shape index (κ1) is 10.3. The van der Waals surface area contributed by atoms with Crippen molar-refractivity contribution >= 4 is 14.7 Å². The smallest absolute Gasteiger partial charge is 0.0778 e. The minimum absolute atomic E-state index is 0.920. The number of hydrogen-bond donors (Lipinski definition) is 0. The molecule has 1 heteroatoms. The lowest BCUT2D eigenvalue weighted by Crippen LogP contribution is -2.12. The Balaban J connectivity index is 2.49. The molecule has 0 amide bonds. The van der Waals surface area contributed by atoms with Crippen LogP contribution in [0.15, 0.2) is 41.5 Å². The van der Waals surface area contributed by atoms with Crippen molar-refractivity contribution in [3.63, 3.8) is 0 Å². The van der Waals surface area contributed by atoms with Gasteiger partial charge in [-0.2, -0.15) is 0 Å². The van der Waals surface area contributed by atoms with Gasteiger partial charge in [0, 0.05) is 0 Å². The van der Waals surface area contributed by atoms with E-state index < -0.39 is 0 Å². The first-order valence-corrected chi connectivity index (χ1v) is 5.82. The Morgan fingerprint density at radius 2 is 1.69 bits per heavy atom. The highest BCUT2D eigenvalue weighted by molar-refractivity contribution is 6.54. The molecule has 0 aliphatic rings. The summed E-state index contributed by atoms with van der Waals surface area (Å²) in [7, 11) is 0.920. The molecule has 0 N–H and O–H groups in total. The fraction of sp³-hybridized carbons (Fsp3) is 0.333. The van der Waals surface area contributed by atoms with Crippen molar-refractivity contribution < 1.29 is 0 Å². The summed E-state index contributed by atoms with van der Waals surface area (Å²) < 4.78 is 0. The maximum absolute atomic E-state index is 2.23. The first-order chi connectivity index (χ1) is 6.20. The highest BCUT2D eigenvalue weighted by atomic mass is 28.2. The van der Waals surface area contributed by atoms with Crippen molar-refractivity contribution in [2.24, 2.45) is 0 Å². The Hall–Kier alpha value is -0.823. The Kier molecular flexibility index (Phi) is 3.97. The van der Waals surface area contributed by atoms with Crippen molar-refractivity contribution in [3.8, 4) is 0 Å². The predicted octanol–water partition coefficient (Wildman–Crippen LogP) is 2.79. The average molecular weight is 188 g/mol. The fourth-order valence-corrected chi connectivity index (χ4v) is 2.22. The summed E-state index contributed by atoms with van der Waals surface area (Å²) in [5.41, 5.74) is 2.99. The van der Waals surface area contributed by atoms with Gasteiger partial charge in [-0.25, -0.2) is 0 Å². The van der Waals surface area contributed by atoms with E-state index in [9.17, 15) is 0 Å². The van der Waals surface area contributed by atoms with Crippen LogP contribution in [0.4, 0.5) is 0 Å². The van der Waals surface area contributed by atoms with E-state index in [1.807, 2.05) is 0 Å². The lowest BCUT2D eigenvalue weighted by molar-refractivity contribution is 1.22. The number of benzene rings is 1. The predicted molar refractivity (Wildman–Crippen MR) is 60.7 cm³/mol. The summed E-state index contributed by atoms with van der Waals surface area (Å²) in [6.45, 7) is 6.60. The van der Waals surface area contributed by atoms with Crippen LogP contribution in [0.3, 0.4) is 0 Å². The maximum atomic E-state index is 2.23. The molecule has 0 aliphatic carbocycles. The van der Waals surface area contributed by atoms with E-state index in [1.165, 1.54) is 22.4 Å². The van der Waals surface area contributed by atoms with Gasteiger partial charge in [-0.3, -0.25) is 0 Å². The highest BCUT2D eigenvalue weighted by Crippen LogP contribution is 2.06. The lowest BCUT2D eigenvalue weighted by atomic mass is 10.2. The minimum atomic E-state index is 0.920. The van der Waals surface area contributed by atoms with E-state index in [-0.39, 0.29) is 0 Å². The molecule has 0 spiro atoms. The molecule has 2 radical (unpaired) electrons. The van der Waals surface area contributed by atoms with Gasteiger partial charge in [0.25, 0.3) is 0 Å². The van der Waals surface area contributed by atoms with Crippen LogP contribution in [0.1, 0.15) is 20.8 Å². The second-order valence-corrected chi connectivity index (χ2v) is 4.78. The van der Waals surface area contributed by atoms with Crippen LogP contribution in [0.5, 0.6) is 0 Å². The Morgan fingerprint density at radius 1 is 1.08 bits per heavy atom. The van der Waals surface area contributed by atoms with Gasteiger partial charge in [0.2, 0.25) is 0 Å². The van der Waals surface area contributed by atoms with Gasteiger partial charge in [-0.1, -0.05) is 46.7 Å². The molecule has 1 rings (SSSR count).